The Morgan fingerprint density at radius 3 is 2.45 bits per heavy atom. The predicted octanol–water partition coefficient (Wildman–Crippen LogP) is -2.40. The van der Waals surface area contributed by atoms with Gasteiger partial charge in [-0.3, -0.25) is 18.7 Å². The third-order valence-corrected chi connectivity index (χ3v) is 8.28. The zero-order valence-electron chi connectivity index (χ0n) is 19.3. The highest BCUT2D eigenvalue weighted by Gasteiger charge is 2.74. The van der Waals surface area contributed by atoms with E-state index >= 15 is 0 Å². The maximum absolute atomic E-state index is 13.1. The fraction of sp³-hybridized carbons (Fsp3) is 0.500. The third-order valence-electron chi connectivity index (χ3n) is 6.97. The van der Waals surface area contributed by atoms with E-state index in [0.29, 0.717) is 12.1 Å². The Balaban J connectivity index is 1.48. The average Bonchev–Trinajstić information content (AvgIpc) is 3.41. The number of hydrogen-bond donors (Lipinski definition) is 5. The lowest BCUT2D eigenvalue weighted by Crippen LogP contribution is -2.77. The van der Waals surface area contributed by atoms with Gasteiger partial charge in [0.1, 0.15) is 6.04 Å². The number of guanidine groups is 2. The lowest BCUT2D eigenvalue weighted by molar-refractivity contribution is -0.251. The molecule has 18 heteroatoms. The number of hydrogen-bond acceptors (Lipinski definition) is 13. The Morgan fingerprint density at radius 1 is 1.16 bits per heavy atom. The van der Waals surface area contributed by atoms with Crippen LogP contribution in [0.5, 0.6) is 0 Å². The number of nitrogens with zero attached hydrogens (tertiary/aromatic N) is 4. The van der Waals surface area contributed by atoms with Gasteiger partial charge in [-0.15, -0.1) is 0 Å². The van der Waals surface area contributed by atoms with Gasteiger partial charge in [0.15, 0.2) is 23.7 Å². The zero-order chi connectivity index (χ0) is 27.8. The molecule has 7 N–H and O–H groups in total. The van der Waals surface area contributed by atoms with E-state index in [1.807, 2.05) is 0 Å². The molecule has 5 rings (SSSR count). The molecule has 38 heavy (non-hydrogen) atoms. The van der Waals surface area contributed by atoms with Crippen LogP contribution in [-0.4, -0.2) is 94.9 Å². The highest BCUT2D eigenvalue weighted by molar-refractivity contribution is 7.86. The van der Waals surface area contributed by atoms with Crippen molar-refractivity contribution >= 4 is 33.9 Å². The molecule has 2 saturated heterocycles. The number of imide groups is 1. The summed E-state index contributed by atoms with van der Waals surface area (Å²) in [6.07, 6.45) is -6.88. The van der Waals surface area contributed by atoms with Crippen molar-refractivity contribution in [2.24, 2.45) is 21.5 Å². The topological polar surface area (TPSA) is 213 Å². The van der Waals surface area contributed by atoms with Crippen molar-refractivity contribution in [1.29, 1.82) is 0 Å². The van der Waals surface area contributed by atoms with Crippen LogP contribution < -0.4 is 16.8 Å². The summed E-state index contributed by atoms with van der Waals surface area (Å²) < 4.78 is 70.2. The number of halogens is 3. The molecule has 1 aromatic carbocycles. The van der Waals surface area contributed by atoms with Crippen LogP contribution in [0, 0.1) is 0 Å². The molecule has 2 fully saturated rings. The van der Waals surface area contributed by atoms with E-state index in [2.05, 4.69) is 15.3 Å². The lowest BCUT2D eigenvalue weighted by atomic mass is 9.85. The Bertz CT molecular complexity index is 1370. The van der Waals surface area contributed by atoms with Crippen molar-refractivity contribution in [1.82, 2.24) is 15.1 Å². The number of nitrogens with two attached hydrogens (primary N) is 2. The first kappa shape index (κ1) is 26.1. The first-order valence-corrected chi connectivity index (χ1v) is 12.6. The van der Waals surface area contributed by atoms with E-state index < -0.39 is 74.8 Å². The minimum atomic E-state index is -4.97. The molecule has 0 bridgehead atoms. The molecule has 0 radical (unpaired) electrons. The highest BCUT2D eigenvalue weighted by Crippen LogP contribution is 2.46. The molecule has 4 aliphatic rings. The van der Waals surface area contributed by atoms with E-state index in [1.54, 1.807) is 0 Å². The van der Waals surface area contributed by atoms with Crippen LogP contribution in [0.25, 0.3) is 0 Å². The molecule has 14 nitrogen and oxygen atoms in total. The summed E-state index contributed by atoms with van der Waals surface area (Å²) in [6, 6.07) is 0.324. The summed E-state index contributed by atoms with van der Waals surface area (Å²) >= 11 is 0. The summed E-state index contributed by atoms with van der Waals surface area (Å²) in [7, 11) is -4.97. The van der Waals surface area contributed by atoms with Crippen LogP contribution in [0.1, 0.15) is 18.4 Å². The van der Waals surface area contributed by atoms with E-state index in [0.717, 1.165) is 21.9 Å². The number of carbonyl (C=O) groups is 2. The van der Waals surface area contributed by atoms with Gasteiger partial charge in [-0.25, -0.2) is 9.98 Å². The Kier molecular flexibility index (Phi) is 5.68. The fourth-order valence-electron chi connectivity index (χ4n) is 5.20. The maximum atomic E-state index is 13.1. The molecule has 0 saturated carbocycles. The molecular weight excluding hydrogens is 539 g/mol. The van der Waals surface area contributed by atoms with Crippen LogP contribution in [0.2, 0.25) is 0 Å². The Labute approximate surface area is 212 Å². The molecule has 0 aromatic heterocycles. The quantitative estimate of drug-likeness (QED) is 0.145. The minimum Gasteiger partial charge on any atom is -0.370 e. The van der Waals surface area contributed by atoms with Gasteiger partial charge in [-0.1, -0.05) is 6.07 Å². The average molecular weight is 561 g/mol. The van der Waals surface area contributed by atoms with Gasteiger partial charge in [0.2, 0.25) is 17.6 Å². The van der Waals surface area contributed by atoms with Crippen molar-refractivity contribution in [3.05, 3.63) is 29.8 Å². The van der Waals surface area contributed by atoms with Crippen LogP contribution in [0.15, 0.2) is 39.1 Å². The molecular formula is C20H22F3N7O7S. The Hall–Kier alpha value is -3.48. The molecule has 1 spiro atoms. The lowest BCUT2D eigenvalue weighted by Gasteiger charge is -2.49. The molecule has 206 valence electrons. The number of aliphatic imine (C=N–C) groups is 2. The molecule has 1 aromatic rings. The van der Waals surface area contributed by atoms with E-state index in [-0.39, 0.29) is 31.3 Å². The molecule has 2 amide bonds. The second kappa shape index (κ2) is 8.26. The summed E-state index contributed by atoms with van der Waals surface area (Å²) in [5.74, 6) is -4.71. The SMILES string of the molecule is NC1=NC2[C@H](CN3C(=O)CCC3=O)N=C(N)N3C[C@H](OS(=O)(=O)c4cccc(C(F)(F)F)c4)C(O)(O)[C@]23N1. The summed E-state index contributed by atoms with van der Waals surface area (Å²) in [5, 5.41) is 25.2. The van der Waals surface area contributed by atoms with Gasteiger partial charge in [-0.05, 0) is 18.2 Å². The maximum Gasteiger partial charge on any atom is 0.416 e. The first-order chi connectivity index (χ1) is 17.6. The predicted molar refractivity (Wildman–Crippen MR) is 120 cm³/mol. The van der Waals surface area contributed by atoms with Crippen LogP contribution in [0.3, 0.4) is 0 Å². The standard InChI is InChI=1S/C20H22F3N7O7S/c21-20(22,23)9-2-1-3-10(6-9)38(35,36)37-12-8-30-17(25)26-11(7-29-13(31)4-5-14(29)32)15-18(30,19(12,33)34)28-16(24)27-15/h1-3,6,11-12,15,33-34H,4-5,7-8H2,(H2,25,26)(H3,24,27,28)/t11-,12-,15?,18-/m0/s1. The monoisotopic (exact) mass is 561 g/mol. The van der Waals surface area contributed by atoms with Crippen LogP contribution in [0.4, 0.5) is 13.2 Å². The van der Waals surface area contributed by atoms with Crippen molar-refractivity contribution in [2.45, 2.75) is 53.6 Å². The second-order valence-corrected chi connectivity index (χ2v) is 10.8. The minimum absolute atomic E-state index is 0.0103. The van der Waals surface area contributed by atoms with Gasteiger partial charge in [0, 0.05) is 12.8 Å². The molecule has 4 aliphatic heterocycles. The fourth-order valence-corrected chi connectivity index (χ4v) is 6.33. The third kappa shape index (κ3) is 3.77. The van der Waals surface area contributed by atoms with Gasteiger partial charge >= 0.3 is 6.18 Å². The van der Waals surface area contributed by atoms with E-state index in [1.165, 1.54) is 0 Å². The van der Waals surface area contributed by atoms with E-state index in [9.17, 15) is 41.4 Å². The number of carbonyl (C=O) groups excluding carboxylic acids is 2. The van der Waals surface area contributed by atoms with Crippen molar-refractivity contribution in [2.75, 3.05) is 13.1 Å². The van der Waals surface area contributed by atoms with Gasteiger partial charge in [0.05, 0.1) is 29.6 Å². The number of alkyl halides is 3. The normalized spacial score (nSPS) is 30.6. The van der Waals surface area contributed by atoms with Gasteiger partial charge < -0.3 is 31.9 Å². The number of benzene rings is 1. The largest absolute Gasteiger partial charge is 0.416 e. The van der Waals surface area contributed by atoms with Crippen LogP contribution >= 0.6 is 0 Å². The molecule has 4 atom stereocenters. The van der Waals surface area contributed by atoms with Crippen molar-refractivity contribution in [3.8, 4) is 0 Å². The number of nitrogens with one attached hydrogen (secondary N) is 1. The number of likely N-dealkylation sites (tertiary alicyclic amines) is 1. The summed E-state index contributed by atoms with van der Waals surface area (Å²) in [5.41, 5.74) is 8.52. The molecule has 0 aliphatic carbocycles. The highest BCUT2D eigenvalue weighted by atomic mass is 32.2. The smallest absolute Gasteiger partial charge is 0.370 e. The first-order valence-electron chi connectivity index (χ1n) is 11.2. The molecule has 4 heterocycles. The van der Waals surface area contributed by atoms with Crippen molar-refractivity contribution < 1.29 is 45.6 Å². The van der Waals surface area contributed by atoms with Gasteiger partial charge in [-0.2, -0.15) is 21.6 Å². The summed E-state index contributed by atoms with van der Waals surface area (Å²) in [4.78, 5) is 33.9. The Morgan fingerprint density at radius 2 is 1.82 bits per heavy atom. The second-order valence-electron chi connectivity index (χ2n) is 9.20. The van der Waals surface area contributed by atoms with E-state index in [4.69, 9.17) is 15.7 Å². The molecule has 1 unspecified atom stereocenters. The van der Waals surface area contributed by atoms with Crippen molar-refractivity contribution in [3.63, 3.8) is 0 Å². The van der Waals surface area contributed by atoms with Gasteiger partial charge in [0.25, 0.3) is 10.1 Å². The number of rotatable bonds is 5. The zero-order valence-corrected chi connectivity index (χ0v) is 20.1. The number of aliphatic hydroxyl groups is 2. The number of amides is 2. The van der Waals surface area contributed by atoms with Crippen LogP contribution in [-0.2, 0) is 30.1 Å². The summed E-state index contributed by atoms with van der Waals surface area (Å²) in [6.45, 7) is -0.928.